The van der Waals surface area contributed by atoms with Gasteiger partial charge in [0.05, 0.1) is 9.83 Å². The Labute approximate surface area is 195 Å². The molecule has 1 atom stereocenters. The first kappa shape index (κ1) is 21.5. The molecule has 4 rings (SSSR count). The molecule has 3 aromatic rings. The molecule has 2 N–H and O–H groups in total. The van der Waals surface area contributed by atoms with Gasteiger partial charge in [-0.15, -0.1) is 0 Å². The number of non-ortho nitro benzene ring substituents is 1. The molecule has 1 amide bonds. The predicted molar refractivity (Wildman–Crippen MR) is 126 cm³/mol. The summed E-state index contributed by atoms with van der Waals surface area (Å²) in [5, 5.41) is 17.7. The summed E-state index contributed by atoms with van der Waals surface area (Å²) in [5.41, 5.74) is 2.18. The molecule has 0 spiro atoms. The zero-order valence-electron chi connectivity index (χ0n) is 16.0. The fourth-order valence-corrected chi connectivity index (χ4v) is 4.67. The monoisotopic (exact) mass is 519 g/mol. The second-order valence-electron chi connectivity index (χ2n) is 6.71. The van der Waals surface area contributed by atoms with Crippen molar-refractivity contribution in [1.82, 2.24) is 5.32 Å². The number of nitro benzene ring substituents is 1. The van der Waals surface area contributed by atoms with Crippen LogP contribution in [0, 0.1) is 17.0 Å². The number of halogens is 2. The van der Waals surface area contributed by atoms with E-state index in [0.29, 0.717) is 31.5 Å². The van der Waals surface area contributed by atoms with Gasteiger partial charge in [0.25, 0.3) is 11.6 Å². The lowest BCUT2D eigenvalue weighted by atomic mass is 10.1. The Bertz CT molecular complexity index is 1230. The smallest absolute Gasteiger partial charge is 0.270 e. The van der Waals surface area contributed by atoms with Gasteiger partial charge in [-0.05, 0) is 58.7 Å². The van der Waals surface area contributed by atoms with E-state index >= 15 is 0 Å². The third-order valence-electron chi connectivity index (χ3n) is 4.55. The van der Waals surface area contributed by atoms with E-state index in [1.807, 2.05) is 25.1 Å². The van der Waals surface area contributed by atoms with Crippen LogP contribution in [0.5, 0.6) is 0 Å². The molecule has 0 radical (unpaired) electrons. The highest BCUT2D eigenvalue weighted by atomic mass is 79.9. The molecule has 1 aromatic heterocycles. The van der Waals surface area contributed by atoms with Crippen LogP contribution >= 0.6 is 39.3 Å². The average Bonchev–Trinajstić information content (AvgIpc) is 3.31. The molecule has 0 aliphatic carbocycles. The number of rotatable bonds is 5. The number of hydrogen-bond acceptors (Lipinski definition) is 6. The molecule has 7 nitrogen and oxygen atoms in total. The van der Waals surface area contributed by atoms with Gasteiger partial charge in [0.15, 0.2) is 5.50 Å². The highest BCUT2D eigenvalue weighted by Crippen LogP contribution is 2.35. The summed E-state index contributed by atoms with van der Waals surface area (Å²) in [6.45, 7) is 1.96. The van der Waals surface area contributed by atoms with Gasteiger partial charge >= 0.3 is 0 Å². The van der Waals surface area contributed by atoms with Crippen LogP contribution < -0.4 is 10.6 Å². The minimum atomic E-state index is -0.461. The van der Waals surface area contributed by atoms with Crippen LogP contribution in [-0.4, -0.2) is 16.3 Å². The predicted octanol–water partition coefficient (Wildman–Crippen LogP) is 6.18. The number of nitrogens with one attached hydrogen (secondary N) is 2. The summed E-state index contributed by atoms with van der Waals surface area (Å²) in [4.78, 5) is 23.3. The molecule has 0 bridgehead atoms. The fourth-order valence-electron chi connectivity index (χ4n) is 2.98. The van der Waals surface area contributed by atoms with Crippen LogP contribution in [0.2, 0.25) is 5.02 Å². The van der Waals surface area contributed by atoms with Crippen LogP contribution in [0.25, 0.3) is 17.4 Å². The van der Waals surface area contributed by atoms with E-state index in [-0.39, 0.29) is 17.1 Å². The zero-order chi connectivity index (χ0) is 22.1. The number of nitrogens with zero attached hydrogens (tertiary/aromatic N) is 1. The van der Waals surface area contributed by atoms with Gasteiger partial charge in [-0.2, -0.15) is 0 Å². The van der Waals surface area contributed by atoms with Crippen molar-refractivity contribution in [3.63, 3.8) is 0 Å². The summed E-state index contributed by atoms with van der Waals surface area (Å²) in [7, 11) is 0. The van der Waals surface area contributed by atoms with Crippen LogP contribution in [0.4, 0.5) is 11.4 Å². The van der Waals surface area contributed by atoms with Crippen molar-refractivity contribution >= 4 is 62.7 Å². The average molecular weight is 521 g/mol. The maximum absolute atomic E-state index is 12.4. The van der Waals surface area contributed by atoms with Crippen molar-refractivity contribution < 1.29 is 14.1 Å². The number of furan rings is 1. The van der Waals surface area contributed by atoms with Gasteiger partial charge in [0.1, 0.15) is 11.5 Å². The number of anilines is 1. The minimum Gasteiger partial charge on any atom is -0.457 e. The number of hydrogen-bond donors (Lipinski definition) is 2. The van der Waals surface area contributed by atoms with Gasteiger partial charge in [0.2, 0.25) is 0 Å². The quantitative estimate of drug-likeness (QED) is 0.237. The standard InChI is InChI=1S/C21H15BrClN3O4S/c1-11-2-3-12(23)8-17(11)24-21-25-20(27)19(31-21)10-14-5-7-18(30-14)15-6-4-13(26(28)29)9-16(15)22/h2-10,21,24H,1H3,(H,25,27)/b19-10-. The van der Waals surface area contributed by atoms with E-state index in [9.17, 15) is 14.9 Å². The van der Waals surface area contributed by atoms with E-state index in [1.54, 1.807) is 24.3 Å². The summed E-state index contributed by atoms with van der Waals surface area (Å²) in [6, 6.07) is 13.5. The fraction of sp³-hybridized carbons (Fsp3) is 0.0952. The summed E-state index contributed by atoms with van der Waals surface area (Å²) >= 11 is 10.7. The maximum Gasteiger partial charge on any atom is 0.270 e. The zero-order valence-corrected chi connectivity index (χ0v) is 19.2. The third-order valence-corrected chi connectivity index (χ3v) is 6.47. The molecule has 1 fully saturated rings. The topological polar surface area (TPSA) is 97.4 Å². The van der Waals surface area contributed by atoms with E-state index < -0.39 is 4.92 Å². The third kappa shape index (κ3) is 4.79. The van der Waals surface area contributed by atoms with Crippen LogP contribution in [-0.2, 0) is 4.79 Å². The lowest BCUT2D eigenvalue weighted by Crippen LogP contribution is -2.31. The van der Waals surface area contributed by atoms with Gasteiger partial charge < -0.3 is 15.1 Å². The second kappa shape index (κ2) is 8.78. The molecule has 1 aliphatic rings. The van der Waals surface area contributed by atoms with Crippen molar-refractivity contribution in [1.29, 1.82) is 0 Å². The molecule has 1 unspecified atom stereocenters. The first-order valence-corrected chi connectivity index (χ1v) is 11.1. The largest absolute Gasteiger partial charge is 0.457 e. The van der Waals surface area contributed by atoms with Crippen molar-refractivity contribution in [2.75, 3.05) is 5.32 Å². The SMILES string of the molecule is Cc1ccc(Cl)cc1NC1NC(=O)/C(=C/c2ccc(-c3ccc([N+](=O)[O-])cc3Br)o2)S1. The van der Waals surface area contributed by atoms with Gasteiger partial charge in [-0.3, -0.25) is 14.9 Å². The number of aryl methyl sites for hydroxylation is 1. The Morgan fingerprint density at radius 1 is 1.26 bits per heavy atom. The van der Waals surface area contributed by atoms with Crippen LogP contribution in [0.15, 0.2) is 62.3 Å². The number of benzene rings is 2. The first-order valence-electron chi connectivity index (χ1n) is 9.06. The molecule has 0 saturated carbocycles. The number of nitro groups is 1. The van der Waals surface area contributed by atoms with Crippen LogP contribution in [0.1, 0.15) is 11.3 Å². The molecule has 1 aliphatic heterocycles. The number of amides is 1. The number of thioether (sulfide) groups is 1. The first-order chi connectivity index (χ1) is 14.8. The Kier molecular flexibility index (Phi) is 6.08. The summed E-state index contributed by atoms with van der Waals surface area (Å²) in [6.07, 6.45) is 1.66. The maximum atomic E-state index is 12.4. The Hall–Kier alpha value is -2.75. The van der Waals surface area contributed by atoms with E-state index in [1.165, 1.54) is 23.9 Å². The van der Waals surface area contributed by atoms with Crippen molar-refractivity contribution in [2.45, 2.75) is 12.4 Å². The van der Waals surface area contributed by atoms with Gasteiger partial charge in [-0.25, -0.2) is 0 Å². The molecule has 1 saturated heterocycles. The number of carbonyl (C=O) groups is 1. The Balaban J connectivity index is 1.51. The highest BCUT2D eigenvalue weighted by Gasteiger charge is 2.28. The molecule has 2 heterocycles. The molecule has 31 heavy (non-hydrogen) atoms. The highest BCUT2D eigenvalue weighted by molar-refractivity contribution is 9.10. The Morgan fingerprint density at radius 3 is 2.81 bits per heavy atom. The second-order valence-corrected chi connectivity index (χ2v) is 9.14. The molecule has 158 valence electrons. The van der Waals surface area contributed by atoms with E-state index in [0.717, 1.165) is 11.3 Å². The lowest BCUT2D eigenvalue weighted by Gasteiger charge is -2.15. The lowest BCUT2D eigenvalue weighted by molar-refractivity contribution is -0.384. The molecular weight excluding hydrogens is 506 g/mol. The molecular formula is C21H15BrClN3O4S. The van der Waals surface area contributed by atoms with Crippen LogP contribution in [0.3, 0.4) is 0 Å². The Morgan fingerprint density at radius 2 is 2.06 bits per heavy atom. The van der Waals surface area contributed by atoms with Crippen molar-refractivity contribution in [2.24, 2.45) is 0 Å². The van der Waals surface area contributed by atoms with Gasteiger partial charge in [0, 0.05) is 39.0 Å². The normalized spacial score (nSPS) is 17.1. The minimum absolute atomic E-state index is 0.0166. The van der Waals surface area contributed by atoms with E-state index in [2.05, 4.69) is 26.6 Å². The summed E-state index contributed by atoms with van der Waals surface area (Å²) in [5.74, 6) is 0.815. The van der Waals surface area contributed by atoms with Gasteiger partial charge in [-0.1, -0.05) is 29.4 Å². The summed E-state index contributed by atoms with van der Waals surface area (Å²) < 4.78 is 6.39. The number of carbonyl (C=O) groups excluding carboxylic acids is 1. The van der Waals surface area contributed by atoms with Crippen molar-refractivity contribution in [3.05, 3.63) is 84.4 Å². The van der Waals surface area contributed by atoms with E-state index in [4.69, 9.17) is 16.0 Å². The molecule has 10 heteroatoms. The van der Waals surface area contributed by atoms with Crippen molar-refractivity contribution in [3.8, 4) is 11.3 Å². The molecule has 2 aromatic carbocycles.